The van der Waals surface area contributed by atoms with Crippen molar-refractivity contribution >= 4 is 0 Å². The number of nitrogens with two attached hydrogens (primary N) is 2. The van der Waals surface area contributed by atoms with Gasteiger partial charge in [-0.3, -0.25) is 0 Å². The van der Waals surface area contributed by atoms with E-state index in [2.05, 4.69) is 13.8 Å². The SMILES string of the molecule is CC(CN)C(C)CN.[3H]C. The minimum atomic E-state index is 0.569. The average Bonchev–Trinajstić information content (AvgIpc) is 2.05. The molecule has 0 saturated carbocycles. The van der Waals surface area contributed by atoms with E-state index in [1.165, 1.54) is 7.40 Å². The summed E-state index contributed by atoms with van der Waals surface area (Å²) in [4.78, 5) is 0. The molecule has 0 fully saturated rings. The van der Waals surface area contributed by atoms with E-state index in [0.29, 0.717) is 11.8 Å². The van der Waals surface area contributed by atoms with Crippen molar-refractivity contribution in [3.05, 3.63) is 0 Å². The van der Waals surface area contributed by atoms with Crippen LogP contribution in [0.1, 0.15) is 22.6 Å². The Balaban J connectivity index is 0. The Labute approximate surface area is 60.0 Å². The van der Waals surface area contributed by atoms with Gasteiger partial charge in [0.2, 0.25) is 0 Å². The van der Waals surface area contributed by atoms with Crippen molar-refractivity contribution in [3.63, 3.8) is 0 Å². The zero-order valence-electron chi connectivity index (χ0n) is 7.72. The van der Waals surface area contributed by atoms with E-state index < -0.39 is 0 Å². The molecule has 0 amide bonds. The van der Waals surface area contributed by atoms with E-state index in [1.807, 2.05) is 0 Å². The largest absolute Gasteiger partial charge is 0.330 e. The van der Waals surface area contributed by atoms with Gasteiger partial charge in [0.1, 0.15) is 0 Å². The highest BCUT2D eigenvalue weighted by Crippen LogP contribution is 2.05. The summed E-state index contributed by atoms with van der Waals surface area (Å²) in [7, 11) is 1.25. The van der Waals surface area contributed by atoms with Crippen LogP contribution in [0.2, 0.25) is 0 Å². The molecule has 9 heavy (non-hydrogen) atoms. The van der Waals surface area contributed by atoms with Crippen LogP contribution in [0.5, 0.6) is 0 Å². The average molecular weight is 134 g/mol. The summed E-state index contributed by atoms with van der Waals surface area (Å²) >= 11 is 0. The van der Waals surface area contributed by atoms with E-state index in [4.69, 9.17) is 12.8 Å². The summed E-state index contributed by atoms with van der Waals surface area (Å²) in [5.41, 5.74) is 10.8. The predicted molar refractivity (Wildman–Crippen MR) is 43.2 cm³/mol. The molecule has 0 heterocycles. The molecule has 0 aromatic heterocycles. The summed E-state index contributed by atoms with van der Waals surface area (Å²) in [6.45, 7) is 5.74. The van der Waals surface area contributed by atoms with Crippen LogP contribution in [0.15, 0.2) is 0 Å². The normalized spacial score (nSPS) is 16.8. The lowest BCUT2D eigenvalue weighted by Gasteiger charge is -2.14. The van der Waals surface area contributed by atoms with Crippen LogP contribution in [-0.4, -0.2) is 13.1 Å². The van der Waals surface area contributed by atoms with E-state index >= 15 is 0 Å². The lowest BCUT2D eigenvalue weighted by atomic mass is 9.97. The minimum Gasteiger partial charge on any atom is -0.330 e. The molecular formula is C7H20N2. The van der Waals surface area contributed by atoms with E-state index in [-0.39, 0.29) is 0 Å². The Bertz CT molecular complexity index is 51.6. The van der Waals surface area contributed by atoms with Crippen molar-refractivity contribution in [2.45, 2.75) is 21.3 Å². The molecular weight excluding hydrogens is 112 g/mol. The maximum Gasteiger partial charge on any atom is 0.0194 e. The summed E-state index contributed by atoms with van der Waals surface area (Å²) in [5.74, 6) is 1.14. The van der Waals surface area contributed by atoms with Crippen molar-refractivity contribution in [1.29, 1.82) is 0 Å². The van der Waals surface area contributed by atoms with Gasteiger partial charge in [0.25, 0.3) is 0 Å². The fourth-order valence-electron chi connectivity index (χ4n) is 0.465. The number of hydrogen-bond acceptors (Lipinski definition) is 2. The second-order valence-corrected chi connectivity index (χ2v) is 2.43. The molecule has 0 radical (unpaired) electrons. The molecule has 2 nitrogen and oxygen atoms in total. The fourth-order valence-corrected chi connectivity index (χ4v) is 0.465. The van der Waals surface area contributed by atoms with Crippen molar-refractivity contribution in [2.75, 3.05) is 13.1 Å². The van der Waals surface area contributed by atoms with Gasteiger partial charge in [0.05, 0.1) is 0 Å². The van der Waals surface area contributed by atoms with Crippen molar-refractivity contribution in [2.24, 2.45) is 23.3 Å². The summed E-state index contributed by atoms with van der Waals surface area (Å²) in [6, 6.07) is 0. The molecule has 0 aromatic rings. The predicted octanol–water partition coefficient (Wildman–Crippen LogP) is 0.812. The Kier molecular flexibility index (Phi) is 5.99. The molecule has 0 aliphatic heterocycles. The quantitative estimate of drug-likeness (QED) is 0.600. The molecule has 4 N–H and O–H groups in total. The third-order valence-electron chi connectivity index (χ3n) is 1.71. The Hall–Kier alpha value is -0.0800. The number of rotatable bonds is 3. The first-order valence-corrected chi connectivity index (χ1v) is 3.12. The molecule has 2 unspecified atom stereocenters. The third-order valence-corrected chi connectivity index (χ3v) is 1.71. The summed E-state index contributed by atoms with van der Waals surface area (Å²) in [6.07, 6.45) is 0. The molecule has 0 saturated heterocycles. The standard InChI is InChI=1S/C6H16N2.CH4/c1-5(3-7)6(2)4-8;/h5-6H,3-4,7-8H2,1-2H3;1H4/i;1T. The summed E-state index contributed by atoms with van der Waals surface area (Å²) < 4.78 is 5.75. The van der Waals surface area contributed by atoms with Crippen LogP contribution in [0.4, 0.5) is 0 Å². The first kappa shape index (κ1) is 8.92. The highest BCUT2D eigenvalue weighted by atomic mass is 14.6. The zero-order chi connectivity index (χ0) is 8.57. The molecule has 0 spiro atoms. The Morgan fingerprint density at radius 3 is 1.56 bits per heavy atom. The van der Waals surface area contributed by atoms with Gasteiger partial charge in [0, 0.05) is 1.37 Å². The minimum absolute atomic E-state index is 0.569. The van der Waals surface area contributed by atoms with Crippen LogP contribution in [-0.2, 0) is 0 Å². The van der Waals surface area contributed by atoms with Crippen LogP contribution in [0.25, 0.3) is 0 Å². The summed E-state index contributed by atoms with van der Waals surface area (Å²) in [5, 5.41) is 0. The number of hydrogen-bond donors (Lipinski definition) is 2. The van der Waals surface area contributed by atoms with Gasteiger partial charge in [-0.05, 0) is 24.9 Å². The van der Waals surface area contributed by atoms with Crippen LogP contribution in [0, 0.1) is 11.8 Å². The van der Waals surface area contributed by atoms with Crippen molar-refractivity contribution in [1.82, 2.24) is 0 Å². The smallest absolute Gasteiger partial charge is 0.0194 e. The highest BCUT2D eigenvalue weighted by molar-refractivity contribution is 4.61. The van der Waals surface area contributed by atoms with E-state index in [1.54, 1.807) is 0 Å². The topological polar surface area (TPSA) is 52.0 Å². The fraction of sp³-hybridized carbons (Fsp3) is 1.00. The molecule has 0 aliphatic rings. The first-order chi connectivity index (χ1) is 4.72. The van der Waals surface area contributed by atoms with Crippen molar-refractivity contribution < 1.29 is 1.37 Å². The van der Waals surface area contributed by atoms with Gasteiger partial charge in [0.15, 0.2) is 0 Å². The molecule has 58 valence electrons. The molecule has 2 atom stereocenters. The zero-order valence-corrected chi connectivity index (χ0v) is 6.72. The Morgan fingerprint density at radius 1 is 1.22 bits per heavy atom. The lowest BCUT2D eigenvalue weighted by Crippen LogP contribution is -2.24. The Morgan fingerprint density at radius 2 is 1.44 bits per heavy atom. The highest BCUT2D eigenvalue weighted by Gasteiger charge is 2.06. The third kappa shape index (κ3) is 4.43. The van der Waals surface area contributed by atoms with Gasteiger partial charge < -0.3 is 11.5 Å². The first-order valence-electron chi connectivity index (χ1n) is 4.12. The lowest BCUT2D eigenvalue weighted by molar-refractivity contribution is 0.405. The maximum atomic E-state index is 5.75. The van der Waals surface area contributed by atoms with E-state index in [0.717, 1.165) is 13.1 Å². The van der Waals surface area contributed by atoms with Gasteiger partial charge in [-0.1, -0.05) is 21.3 Å². The van der Waals surface area contributed by atoms with Gasteiger partial charge >= 0.3 is 0 Å². The molecule has 0 bridgehead atoms. The van der Waals surface area contributed by atoms with Crippen LogP contribution in [0.3, 0.4) is 0 Å². The second kappa shape index (κ2) is 6.05. The maximum absolute atomic E-state index is 5.75. The molecule has 0 rings (SSSR count). The van der Waals surface area contributed by atoms with Crippen LogP contribution >= 0.6 is 0 Å². The van der Waals surface area contributed by atoms with E-state index in [9.17, 15) is 0 Å². The van der Waals surface area contributed by atoms with Crippen molar-refractivity contribution in [3.8, 4) is 0 Å². The molecule has 2 heteroatoms. The van der Waals surface area contributed by atoms with Gasteiger partial charge in [-0.15, -0.1) is 0 Å². The molecule has 0 aliphatic carbocycles. The van der Waals surface area contributed by atoms with Crippen LogP contribution < -0.4 is 11.5 Å². The monoisotopic (exact) mass is 134 g/mol. The second-order valence-electron chi connectivity index (χ2n) is 2.43. The molecule has 0 aromatic carbocycles. The van der Waals surface area contributed by atoms with Gasteiger partial charge in [-0.2, -0.15) is 0 Å². The van der Waals surface area contributed by atoms with Gasteiger partial charge in [-0.25, -0.2) is 0 Å².